The number of carbonyl (C=O) groups excluding carboxylic acids is 1. The van der Waals surface area contributed by atoms with Crippen LogP contribution in [0, 0.1) is 11.3 Å². The van der Waals surface area contributed by atoms with E-state index in [2.05, 4.69) is 16.3 Å². The standard InChI is InChI=1S/C17H22N2O2.ClH/c20-16(19-8-6-17(12-19)5-7-18-11-17)14-9-13-3-1-2-4-15(13)21-10-14;/h1-4,14,18H,5-12H2;1H. The summed E-state index contributed by atoms with van der Waals surface area (Å²) in [5, 5.41) is 3.44. The summed E-state index contributed by atoms with van der Waals surface area (Å²) in [6.07, 6.45) is 3.17. The first kappa shape index (κ1) is 15.6. The Labute approximate surface area is 137 Å². The lowest BCUT2D eigenvalue weighted by Crippen LogP contribution is -2.41. The molecule has 2 fully saturated rings. The smallest absolute Gasteiger partial charge is 0.229 e. The first-order chi connectivity index (χ1) is 10.3. The SMILES string of the molecule is Cl.O=C(C1COc2ccccc2C1)N1CCC2(CCNC2)C1. The second-order valence-corrected chi connectivity index (χ2v) is 6.76. The van der Waals surface area contributed by atoms with E-state index in [0.717, 1.165) is 44.8 Å². The fourth-order valence-electron chi connectivity index (χ4n) is 4.01. The van der Waals surface area contributed by atoms with E-state index in [1.165, 1.54) is 12.0 Å². The number of carbonyl (C=O) groups is 1. The number of benzene rings is 1. The van der Waals surface area contributed by atoms with Gasteiger partial charge in [-0.3, -0.25) is 4.79 Å². The summed E-state index contributed by atoms with van der Waals surface area (Å²) >= 11 is 0. The number of nitrogens with one attached hydrogen (secondary N) is 1. The van der Waals surface area contributed by atoms with Gasteiger partial charge in [-0.05, 0) is 37.4 Å². The molecule has 120 valence electrons. The zero-order chi connectivity index (χ0) is 14.3. The van der Waals surface area contributed by atoms with Crippen molar-refractivity contribution in [3.63, 3.8) is 0 Å². The van der Waals surface area contributed by atoms with Crippen molar-refractivity contribution in [2.24, 2.45) is 11.3 Å². The normalized spacial score (nSPS) is 29.8. The van der Waals surface area contributed by atoms with Crippen LogP contribution in [0.15, 0.2) is 24.3 Å². The molecule has 2 saturated heterocycles. The molecule has 4 nitrogen and oxygen atoms in total. The van der Waals surface area contributed by atoms with Crippen molar-refractivity contribution in [2.75, 3.05) is 32.8 Å². The molecule has 1 N–H and O–H groups in total. The van der Waals surface area contributed by atoms with Crippen LogP contribution in [0.4, 0.5) is 0 Å². The monoisotopic (exact) mass is 322 g/mol. The number of hydrogen-bond donors (Lipinski definition) is 1. The number of amides is 1. The lowest BCUT2D eigenvalue weighted by Gasteiger charge is -2.29. The quantitative estimate of drug-likeness (QED) is 0.858. The molecule has 1 aromatic rings. The highest BCUT2D eigenvalue weighted by Crippen LogP contribution is 2.37. The van der Waals surface area contributed by atoms with Crippen LogP contribution in [0.3, 0.4) is 0 Å². The molecule has 5 heteroatoms. The predicted octanol–water partition coefficient (Wildman–Crippen LogP) is 1.87. The molecule has 0 radical (unpaired) electrons. The number of fused-ring (bicyclic) bond motifs is 1. The molecule has 3 aliphatic heterocycles. The highest BCUT2D eigenvalue weighted by atomic mass is 35.5. The van der Waals surface area contributed by atoms with Gasteiger partial charge >= 0.3 is 0 Å². The van der Waals surface area contributed by atoms with Crippen LogP contribution >= 0.6 is 12.4 Å². The lowest BCUT2D eigenvalue weighted by molar-refractivity contribution is -0.136. The number of rotatable bonds is 1. The van der Waals surface area contributed by atoms with E-state index in [1.54, 1.807) is 0 Å². The maximum absolute atomic E-state index is 12.8. The van der Waals surface area contributed by atoms with Crippen molar-refractivity contribution in [1.82, 2.24) is 10.2 Å². The van der Waals surface area contributed by atoms with Crippen LogP contribution in [0.25, 0.3) is 0 Å². The van der Waals surface area contributed by atoms with Crippen molar-refractivity contribution < 1.29 is 9.53 Å². The molecule has 1 aromatic carbocycles. The third kappa shape index (κ3) is 2.70. The molecule has 2 unspecified atom stereocenters. The first-order valence-electron chi connectivity index (χ1n) is 7.96. The Morgan fingerprint density at radius 1 is 1.32 bits per heavy atom. The zero-order valence-corrected chi connectivity index (χ0v) is 13.5. The van der Waals surface area contributed by atoms with E-state index < -0.39 is 0 Å². The number of likely N-dealkylation sites (tertiary alicyclic amines) is 1. The fraction of sp³-hybridized carbons (Fsp3) is 0.588. The van der Waals surface area contributed by atoms with Gasteiger partial charge in [-0.1, -0.05) is 18.2 Å². The average Bonchev–Trinajstić information content (AvgIpc) is 3.17. The summed E-state index contributed by atoms with van der Waals surface area (Å²) in [6, 6.07) is 8.06. The van der Waals surface area contributed by atoms with Gasteiger partial charge in [0, 0.05) is 25.0 Å². The van der Waals surface area contributed by atoms with Crippen molar-refractivity contribution in [2.45, 2.75) is 19.3 Å². The summed E-state index contributed by atoms with van der Waals surface area (Å²) in [5.74, 6) is 1.22. The molecule has 2 atom stereocenters. The Kier molecular flexibility index (Phi) is 4.33. The van der Waals surface area contributed by atoms with E-state index in [9.17, 15) is 4.79 Å². The number of halogens is 1. The van der Waals surface area contributed by atoms with Crippen molar-refractivity contribution >= 4 is 18.3 Å². The fourth-order valence-corrected chi connectivity index (χ4v) is 4.01. The van der Waals surface area contributed by atoms with Gasteiger partial charge in [0.25, 0.3) is 0 Å². The average molecular weight is 323 g/mol. The highest BCUT2D eigenvalue weighted by molar-refractivity contribution is 5.85. The zero-order valence-electron chi connectivity index (χ0n) is 12.7. The second-order valence-electron chi connectivity index (χ2n) is 6.76. The topological polar surface area (TPSA) is 41.6 Å². The van der Waals surface area contributed by atoms with Crippen molar-refractivity contribution in [3.05, 3.63) is 29.8 Å². The Bertz CT molecular complexity index is 557. The van der Waals surface area contributed by atoms with Gasteiger partial charge in [-0.2, -0.15) is 0 Å². The molecule has 0 aliphatic carbocycles. The second kappa shape index (κ2) is 6.09. The predicted molar refractivity (Wildman–Crippen MR) is 87.5 cm³/mol. The Morgan fingerprint density at radius 2 is 2.18 bits per heavy atom. The van der Waals surface area contributed by atoms with Gasteiger partial charge in [-0.25, -0.2) is 0 Å². The summed E-state index contributed by atoms with van der Waals surface area (Å²) in [7, 11) is 0. The van der Waals surface area contributed by atoms with E-state index in [1.807, 2.05) is 18.2 Å². The number of para-hydroxylation sites is 1. The Hall–Kier alpha value is -1.26. The molecule has 1 spiro atoms. The van der Waals surface area contributed by atoms with E-state index in [-0.39, 0.29) is 24.2 Å². The summed E-state index contributed by atoms with van der Waals surface area (Å²) in [6.45, 7) is 4.54. The van der Waals surface area contributed by atoms with Crippen LogP contribution in [-0.2, 0) is 11.2 Å². The Balaban J connectivity index is 0.00000144. The molecule has 0 bridgehead atoms. The summed E-state index contributed by atoms with van der Waals surface area (Å²) in [5.41, 5.74) is 1.52. The van der Waals surface area contributed by atoms with Gasteiger partial charge in [0.15, 0.2) is 0 Å². The maximum atomic E-state index is 12.8. The maximum Gasteiger partial charge on any atom is 0.229 e. The lowest BCUT2D eigenvalue weighted by atomic mass is 9.86. The van der Waals surface area contributed by atoms with E-state index >= 15 is 0 Å². The minimum absolute atomic E-state index is 0. The molecule has 4 rings (SSSR count). The highest BCUT2D eigenvalue weighted by Gasteiger charge is 2.43. The Morgan fingerprint density at radius 3 is 3.00 bits per heavy atom. The van der Waals surface area contributed by atoms with Gasteiger partial charge in [-0.15, -0.1) is 12.4 Å². The first-order valence-corrected chi connectivity index (χ1v) is 7.96. The molecule has 22 heavy (non-hydrogen) atoms. The number of ether oxygens (including phenoxy) is 1. The van der Waals surface area contributed by atoms with E-state index in [0.29, 0.717) is 12.0 Å². The van der Waals surface area contributed by atoms with Crippen LogP contribution in [-0.4, -0.2) is 43.6 Å². The molecular formula is C17H23ClN2O2. The van der Waals surface area contributed by atoms with Gasteiger partial charge < -0.3 is 15.0 Å². The summed E-state index contributed by atoms with van der Waals surface area (Å²) in [4.78, 5) is 14.9. The van der Waals surface area contributed by atoms with Crippen LogP contribution < -0.4 is 10.1 Å². The molecule has 0 aromatic heterocycles. The van der Waals surface area contributed by atoms with Crippen LogP contribution in [0.1, 0.15) is 18.4 Å². The minimum atomic E-state index is -0.00980. The van der Waals surface area contributed by atoms with Gasteiger partial charge in [0.1, 0.15) is 12.4 Å². The summed E-state index contributed by atoms with van der Waals surface area (Å²) < 4.78 is 5.77. The molecule has 1 amide bonds. The van der Waals surface area contributed by atoms with E-state index in [4.69, 9.17) is 4.74 Å². The largest absolute Gasteiger partial charge is 0.492 e. The molecule has 3 heterocycles. The minimum Gasteiger partial charge on any atom is -0.492 e. The molecule has 0 saturated carbocycles. The third-order valence-corrected chi connectivity index (χ3v) is 5.31. The molecule has 3 aliphatic rings. The molecular weight excluding hydrogens is 300 g/mol. The van der Waals surface area contributed by atoms with Crippen molar-refractivity contribution in [1.29, 1.82) is 0 Å². The number of nitrogens with zero attached hydrogens (tertiary/aromatic N) is 1. The van der Waals surface area contributed by atoms with Crippen LogP contribution in [0.5, 0.6) is 5.75 Å². The van der Waals surface area contributed by atoms with Gasteiger partial charge in [0.05, 0.1) is 5.92 Å². The third-order valence-electron chi connectivity index (χ3n) is 5.31. The van der Waals surface area contributed by atoms with Crippen LogP contribution in [0.2, 0.25) is 0 Å². The number of hydrogen-bond acceptors (Lipinski definition) is 3. The van der Waals surface area contributed by atoms with Gasteiger partial charge in [0.2, 0.25) is 5.91 Å². The van der Waals surface area contributed by atoms with Crippen molar-refractivity contribution in [3.8, 4) is 5.75 Å².